The minimum absolute atomic E-state index is 0.0584. The average Bonchev–Trinajstić information content (AvgIpc) is 3.19. The maximum absolute atomic E-state index is 13.1. The molecule has 37 heavy (non-hydrogen) atoms. The van der Waals surface area contributed by atoms with Crippen molar-refractivity contribution in [3.8, 4) is 17.1 Å². The molecule has 2 heterocycles. The van der Waals surface area contributed by atoms with Crippen LogP contribution in [0.25, 0.3) is 16.9 Å². The van der Waals surface area contributed by atoms with Crippen LogP contribution in [0.5, 0.6) is 5.75 Å². The number of aryl methyl sites for hydroxylation is 2. The van der Waals surface area contributed by atoms with Crippen molar-refractivity contribution in [2.24, 2.45) is 0 Å². The summed E-state index contributed by atoms with van der Waals surface area (Å²) in [6.45, 7) is 9.38. The molecule has 1 aromatic carbocycles. The first-order chi connectivity index (χ1) is 17.8. The molecule has 0 bridgehead atoms. The van der Waals surface area contributed by atoms with Gasteiger partial charge in [-0.25, -0.2) is 22.6 Å². The zero-order valence-corrected chi connectivity index (χ0v) is 23.1. The summed E-state index contributed by atoms with van der Waals surface area (Å²) in [6.07, 6.45) is 6.84. The molecule has 0 fully saturated rings. The third-order valence-corrected chi connectivity index (χ3v) is 7.48. The van der Waals surface area contributed by atoms with Gasteiger partial charge in [0.15, 0.2) is 11.3 Å². The number of aromatic nitrogens is 4. The lowest BCUT2D eigenvalue weighted by molar-refractivity contribution is 0.146. The van der Waals surface area contributed by atoms with Gasteiger partial charge in [0.1, 0.15) is 11.6 Å². The number of benzene rings is 1. The monoisotopic (exact) mass is 533 g/mol. The van der Waals surface area contributed by atoms with Crippen molar-refractivity contribution >= 4 is 15.5 Å². The normalized spacial score (nSPS) is 11.9. The number of imidazole rings is 1. The summed E-state index contributed by atoms with van der Waals surface area (Å²) < 4.78 is 41.1. The first kappa shape index (κ1) is 28.8. The van der Waals surface area contributed by atoms with Gasteiger partial charge in [-0.15, -0.1) is 5.10 Å². The highest BCUT2D eigenvalue weighted by atomic mass is 32.2. The standard InChI is InChI=1S/C26H39N5O5S/c1-5-8-9-10-11-13-23-28-19(4)24-26(32)29-25(30-31(23)24)21-18-20(14-15-22(21)36-7-3)37(33,34)27-16-12-17-35-6-2/h14-15,18,27H,5-13,16-17H2,1-4H3,(H,29,30,32). The lowest BCUT2D eigenvalue weighted by Crippen LogP contribution is -2.25. The highest BCUT2D eigenvalue weighted by molar-refractivity contribution is 7.89. The fraction of sp³-hybridized carbons (Fsp3) is 0.577. The summed E-state index contributed by atoms with van der Waals surface area (Å²) in [6, 6.07) is 4.55. The number of sulfonamides is 1. The molecule has 0 saturated carbocycles. The van der Waals surface area contributed by atoms with Crippen LogP contribution in [0.15, 0.2) is 27.9 Å². The van der Waals surface area contributed by atoms with Crippen molar-refractivity contribution in [2.75, 3.05) is 26.4 Å². The van der Waals surface area contributed by atoms with Gasteiger partial charge in [-0.05, 0) is 51.8 Å². The Hall–Kier alpha value is -2.76. The van der Waals surface area contributed by atoms with E-state index in [1.807, 2.05) is 13.8 Å². The van der Waals surface area contributed by atoms with Crippen LogP contribution in [0.4, 0.5) is 0 Å². The minimum Gasteiger partial charge on any atom is -0.493 e. The Balaban J connectivity index is 1.97. The Kier molecular flexibility index (Phi) is 10.7. The highest BCUT2D eigenvalue weighted by Gasteiger charge is 2.21. The second-order valence-electron chi connectivity index (χ2n) is 8.88. The topological polar surface area (TPSA) is 128 Å². The molecule has 3 rings (SSSR count). The van der Waals surface area contributed by atoms with E-state index in [1.54, 1.807) is 17.5 Å². The molecule has 0 atom stereocenters. The van der Waals surface area contributed by atoms with Gasteiger partial charge in [0.2, 0.25) is 10.0 Å². The molecule has 2 N–H and O–H groups in total. The Morgan fingerprint density at radius 2 is 1.84 bits per heavy atom. The van der Waals surface area contributed by atoms with Gasteiger partial charge in [0, 0.05) is 26.2 Å². The van der Waals surface area contributed by atoms with E-state index in [0.717, 1.165) is 19.3 Å². The van der Waals surface area contributed by atoms with Gasteiger partial charge < -0.3 is 14.5 Å². The van der Waals surface area contributed by atoms with Crippen LogP contribution in [0.3, 0.4) is 0 Å². The maximum atomic E-state index is 13.1. The van der Waals surface area contributed by atoms with Crippen molar-refractivity contribution in [1.29, 1.82) is 0 Å². The van der Waals surface area contributed by atoms with Crippen molar-refractivity contribution < 1.29 is 17.9 Å². The Morgan fingerprint density at radius 1 is 1.05 bits per heavy atom. The summed E-state index contributed by atoms with van der Waals surface area (Å²) in [5.74, 6) is 1.37. The van der Waals surface area contributed by atoms with E-state index in [9.17, 15) is 13.2 Å². The fourth-order valence-electron chi connectivity index (χ4n) is 4.16. The van der Waals surface area contributed by atoms with Crippen molar-refractivity contribution in [3.05, 3.63) is 40.1 Å². The molecular formula is C26H39N5O5S. The summed E-state index contributed by atoms with van der Waals surface area (Å²) in [7, 11) is -3.79. The number of rotatable bonds is 16. The molecule has 0 saturated heterocycles. The highest BCUT2D eigenvalue weighted by Crippen LogP contribution is 2.30. The second kappa shape index (κ2) is 13.7. The van der Waals surface area contributed by atoms with Crippen LogP contribution in [0, 0.1) is 6.92 Å². The van der Waals surface area contributed by atoms with Crippen LogP contribution >= 0.6 is 0 Å². The van der Waals surface area contributed by atoms with Crippen molar-refractivity contribution in [1.82, 2.24) is 24.3 Å². The molecule has 0 aliphatic heterocycles. The largest absolute Gasteiger partial charge is 0.493 e. The lowest BCUT2D eigenvalue weighted by atomic mass is 10.1. The molecule has 3 aromatic rings. The van der Waals surface area contributed by atoms with Crippen molar-refractivity contribution in [3.63, 3.8) is 0 Å². The molecule has 0 aliphatic carbocycles. The average molecular weight is 534 g/mol. The molecule has 0 amide bonds. The zero-order valence-electron chi connectivity index (χ0n) is 22.3. The zero-order chi connectivity index (χ0) is 26.8. The van der Waals surface area contributed by atoms with Crippen LogP contribution in [-0.4, -0.2) is 54.4 Å². The number of H-pyrrole nitrogens is 1. The fourth-order valence-corrected chi connectivity index (χ4v) is 5.26. The molecule has 204 valence electrons. The number of nitrogens with one attached hydrogen (secondary N) is 2. The number of hydrogen-bond donors (Lipinski definition) is 2. The van der Waals surface area contributed by atoms with Crippen LogP contribution in [-0.2, 0) is 21.2 Å². The van der Waals surface area contributed by atoms with E-state index in [2.05, 4.69) is 21.6 Å². The van der Waals surface area contributed by atoms with E-state index in [1.165, 1.54) is 25.0 Å². The molecule has 0 radical (unpaired) electrons. The molecule has 0 unspecified atom stereocenters. The second-order valence-corrected chi connectivity index (χ2v) is 10.6. The van der Waals surface area contributed by atoms with Gasteiger partial charge >= 0.3 is 0 Å². The van der Waals surface area contributed by atoms with E-state index in [4.69, 9.17) is 14.6 Å². The Labute approximate surface area is 218 Å². The molecule has 10 nitrogen and oxygen atoms in total. The summed E-state index contributed by atoms with van der Waals surface area (Å²) >= 11 is 0. The molecule has 2 aromatic heterocycles. The van der Waals surface area contributed by atoms with E-state index in [-0.39, 0.29) is 22.8 Å². The van der Waals surface area contributed by atoms with Gasteiger partial charge in [-0.3, -0.25) is 4.79 Å². The Morgan fingerprint density at radius 3 is 2.57 bits per heavy atom. The first-order valence-corrected chi connectivity index (χ1v) is 14.6. The lowest BCUT2D eigenvalue weighted by Gasteiger charge is -2.13. The minimum atomic E-state index is -3.79. The SMILES string of the molecule is CCCCCCCc1nc(C)c2c(=O)[nH]c(-c3cc(S(=O)(=O)NCCCOCC)ccc3OCC)nn12. The van der Waals surface area contributed by atoms with Crippen LogP contribution < -0.4 is 15.0 Å². The van der Waals surface area contributed by atoms with Crippen molar-refractivity contribution in [2.45, 2.75) is 77.5 Å². The summed E-state index contributed by atoms with van der Waals surface area (Å²) in [5, 5.41) is 4.69. The third kappa shape index (κ3) is 7.39. The van der Waals surface area contributed by atoms with E-state index >= 15 is 0 Å². The van der Waals surface area contributed by atoms with E-state index < -0.39 is 10.0 Å². The number of ether oxygens (including phenoxy) is 2. The molecule has 11 heteroatoms. The third-order valence-electron chi connectivity index (χ3n) is 6.02. The number of hydrogen-bond acceptors (Lipinski definition) is 7. The number of unbranched alkanes of at least 4 members (excludes halogenated alkanes) is 4. The number of aromatic amines is 1. The van der Waals surface area contributed by atoms with Crippen LogP contribution in [0.1, 0.15) is 70.8 Å². The first-order valence-electron chi connectivity index (χ1n) is 13.2. The van der Waals surface area contributed by atoms with Gasteiger partial charge in [0.25, 0.3) is 5.56 Å². The van der Waals surface area contributed by atoms with Crippen LogP contribution in [0.2, 0.25) is 0 Å². The predicted octanol–water partition coefficient (Wildman–Crippen LogP) is 4.01. The molecule has 0 aliphatic rings. The van der Waals surface area contributed by atoms with Gasteiger partial charge in [-0.2, -0.15) is 0 Å². The number of fused-ring (bicyclic) bond motifs is 1. The summed E-state index contributed by atoms with van der Waals surface area (Å²) in [5.41, 5.74) is 1.06. The summed E-state index contributed by atoms with van der Waals surface area (Å²) in [4.78, 5) is 20.5. The van der Waals surface area contributed by atoms with E-state index in [0.29, 0.717) is 61.0 Å². The number of nitrogens with zero attached hydrogens (tertiary/aromatic N) is 3. The molecule has 0 spiro atoms. The Bertz CT molecular complexity index is 1330. The predicted molar refractivity (Wildman–Crippen MR) is 144 cm³/mol. The van der Waals surface area contributed by atoms with Gasteiger partial charge in [-0.1, -0.05) is 32.6 Å². The molecular weight excluding hydrogens is 494 g/mol. The quantitative estimate of drug-likeness (QED) is 0.266. The smallest absolute Gasteiger partial charge is 0.277 e. The maximum Gasteiger partial charge on any atom is 0.277 e. The van der Waals surface area contributed by atoms with Gasteiger partial charge in [0.05, 0.1) is 22.8 Å².